The zero-order valence-electron chi connectivity index (χ0n) is 95.0. The Morgan fingerprint density at radius 1 is 0.299 bits per heavy atom. The first-order valence-corrected chi connectivity index (χ1v) is 63.0. The standard InChI is InChI=1S/C22H32O4.C21H30O4.C20H32O2.C12H20O2.C12H18.2C11H18O2.C11H18O.C10H16/c1-12-13(2)17-5-16(12)6-18(17)19(23)26-22-9-14-4-15(10-22)8-21(7-14,11-22)20(24)25-3;1-11-12(2)16-4-15(11)5-17(16)18(22)25-21-8-13-3-14(9-21)7-20(6-13,10-21)19(23)24;1-11-12(2)15-8-13(11)9-16(15)18(21)22-17-10-14-6-7-20(17,5)19(14,3)4;1-4-14-12(13)11-6-9-5-10(11)8(3)7(9)2;1-2-8-5-7(1)11-9-3-4-10(6-9)12(8)11;2*1-6-7(2)9-4-8(6)5-10(9)11(12)13-3;12-6-7-3-10-8-1-2-9(5-8)11(10)4-7;1-2-9-7-4-5-8(6-7)10(9)3-1/h12-18H,4-11H2,1-3H3;11-17H,3-10H2,1-2H3,(H,23,24);11-17H,6-10H2,1-5H3;7-11H,4-6H2,1-3H3;7-12H,1-6H2;2*6-10H,4-5H2,1-3H3;7-12H,1-6H2;7-10H,1-6H2. The molecule has 49 unspecified atom stereocenters. The molecule has 32 saturated carbocycles. The molecule has 0 heterocycles. The molecule has 17 heteroatoms. The highest BCUT2D eigenvalue weighted by molar-refractivity contribution is 5.80. The molecule has 49 atom stereocenters. The van der Waals surface area contributed by atoms with Crippen LogP contribution in [0.4, 0.5) is 0 Å². The minimum absolute atomic E-state index is 0.00580. The zero-order valence-corrected chi connectivity index (χ0v) is 95.0. The lowest BCUT2D eigenvalue weighted by atomic mass is 9.48. The maximum Gasteiger partial charge on any atom is 0.311 e. The van der Waals surface area contributed by atoms with Crippen molar-refractivity contribution in [1.82, 2.24) is 0 Å². The summed E-state index contributed by atoms with van der Waals surface area (Å²) >= 11 is 0. The molecular formula is C130H202O17. The number of carbonyl (C=O) groups is 8. The van der Waals surface area contributed by atoms with Crippen molar-refractivity contribution in [1.29, 1.82) is 0 Å². The van der Waals surface area contributed by atoms with Crippen LogP contribution in [0.2, 0.25) is 0 Å². The summed E-state index contributed by atoms with van der Waals surface area (Å²) < 4.78 is 38.7. The van der Waals surface area contributed by atoms with E-state index in [1.165, 1.54) is 170 Å². The monoisotopic (exact) mass is 2040 g/mol. The number of aliphatic hydroxyl groups is 1. The van der Waals surface area contributed by atoms with E-state index < -0.39 is 28.0 Å². The number of carboxylic acid groups (broad SMARTS) is 1. The summed E-state index contributed by atoms with van der Waals surface area (Å²) in [6.45, 7) is 37.8. The van der Waals surface area contributed by atoms with E-state index in [9.17, 15) is 43.5 Å². The van der Waals surface area contributed by atoms with Gasteiger partial charge in [0.15, 0.2) is 0 Å². The Kier molecular flexibility index (Phi) is 29.8. The van der Waals surface area contributed by atoms with E-state index >= 15 is 0 Å². The molecule has 147 heavy (non-hydrogen) atoms. The minimum atomic E-state index is -0.663. The van der Waals surface area contributed by atoms with E-state index in [1.807, 2.05) is 6.92 Å². The number of hydrogen-bond donors (Lipinski definition) is 2. The van der Waals surface area contributed by atoms with E-state index in [2.05, 4.69) is 104 Å². The largest absolute Gasteiger partial charge is 0.481 e. The fraction of sp³-hybridized carbons (Fsp3) is 0.938. The molecule has 0 radical (unpaired) electrons. The van der Waals surface area contributed by atoms with Crippen molar-refractivity contribution >= 4 is 47.8 Å². The number of hydrogen-bond acceptors (Lipinski definition) is 16. The SMILES string of the molecule is C1CC2C3CCC(C3)C2C1.C1CC2CC1C1C3CCC(C3)C21.CC1C2CC(C(=O)OC34CC5CC(C3)CC(C(=O)O)(C5)C4)C(C2)C1C.CC1C2CC(C(=O)OC3CC4CCC3(C)C4(C)C)C(C2)C1C.CCOC(=O)C1CC2CC1C(C)C2C.COC(=O)C12CC3CC(CC(OC(=O)C4CC5CC4C(C)C5C)(C3)C1)C2.COC(=O)C1CC2CC1C(C)C2C.COC(=O)C1CC2CC1C(C)C2C.OCC1CC2C3CCC(C3)C2C1. The van der Waals surface area contributed by atoms with Crippen LogP contribution in [0.25, 0.3) is 0 Å². The van der Waals surface area contributed by atoms with Gasteiger partial charge in [-0.3, -0.25) is 38.4 Å². The molecule has 0 aromatic carbocycles. The lowest BCUT2D eigenvalue weighted by Crippen LogP contribution is -2.60. The molecule has 0 spiro atoms. The second-order valence-corrected chi connectivity index (χ2v) is 60.7. The van der Waals surface area contributed by atoms with Crippen LogP contribution in [0.3, 0.4) is 0 Å². The Morgan fingerprint density at radius 2 is 0.612 bits per heavy atom. The topological polar surface area (TPSA) is 242 Å². The van der Waals surface area contributed by atoms with Gasteiger partial charge in [-0.1, -0.05) is 110 Å². The molecular weight excluding hydrogens is 1830 g/mol. The lowest BCUT2D eigenvalue weighted by Gasteiger charge is -2.59. The van der Waals surface area contributed by atoms with Gasteiger partial charge in [0.2, 0.25) is 0 Å². The summed E-state index contributed by atoms with van der Waals surface area (Å²) in [6.07, 6.45) is 54.8. The van der Waals surface area contributed by atoms with Crippen molar-refractivity contribution in [2.24, 2.45) is 318 Å². The van der Waals surface area contributed by atoms with Crippen LogP contribution in [0.1, 0.15) is 393 Å². The smallest absolute Gasteiger partial charge is 0.311 e. The highest BCUT2D eigenvalue weighted by Gasteiger charge is 2.70. The molecule has 0 saturated heterocycles. The number of carboxylic acids is 1. The van der Waals surface area contributed by atoms with Crippen molar-refractivity contribution in [2.75, 3.05) is 34.5 Å². The van der Waals surface area contributed by atoms with Gasteiger partial charge in [-0.15, -0.1) is 0 Å². The van der Waals surface area contributed by atoms with Crippen LogP contribution in [0.5, 0.6) is 0 Å². The first-order valence-electron chi connectivity index (χ1n) is 63.0. The molecule has 32 aliphatic rings. The van der Waals surface area contributed by atoms with Crippen molar-refractivity contribution in [3.05, 3.63) is 0 Å². The molecule has 32 rings (SSSR count). The Bertz CT molecular complexity index is 4610. The maximum absolute atomic E-state index is 13.2. The molecule has 0 aliphatic heterocycles. The van der Waals surface area contributed by atoms with E-state index in [1.54, 1.807) is 77.0 Å². The molecule has 0 aromatic heterocycles. The molecule has 30 bridgehead atoms. The van der Waals surface area contributed by atoms with Crippen LogP contribution in [-0.4, -0.2) is 110 Å². The second kappa shape index (κ2) is 41.0. The van der Waals surface area contributed by atoms with Crippen LogP contribution < -0.4 is 0 Å². The minimum Gasteiger partial charge on any atom is -0.481 e. The van der Waals surface area contributed by atoms with E-state index in [0.717, 1.165) is 192 Å². The number of esters is 7. The predicted octanol–water partition coefficient (Wildman–Crippen LogP) is 27.1. The van der Waals surface area contributed by atoms with Gasteiger partial charge in [-0.25, -0.2) is 0 Å². The average Bonchev–Trinajstić information content (AvgIpc) is 1.68. The molecule has 32 fully saturated rings. The quantitative estimate of drug-likeness (QED) is 0.0989. The summed E-state index contributed by atoms with van der Waals surface area (Å²) in [7, 11) is 4.50. The molecule has 0 amide bonds. The number of ether oxygens (including phenoxy) is 7. The summed E-state index contributed by atoms with van der Waals surface area (Å²) in [5.41, 5.74) is -1.36. The zero-order chi connectivity index (χ0) is 104. The summed E-state index contributed by atoms with van der Waals surface area (Å²) in [4.78, 5) is 98.2. The Hall–Kier alpha value is -4.28. The van der Waals surface area contributed by atoms with Gasteiger partial charge in [-0.05, 0) is 536 Å². The fourth-order valence-corrected chi connectivity index (χ4v) is 47.1. The number of aliphatic hydroxyl groups excluding tert-OH is 1. The van der Waals surface area contributed by atoms with Gasteiger partial charge in [0.1, 0.15) is 17.3 Å². The van der Waals surface area contributed by atoms with Crippen LogP contribution in [-0.2, 0) is 71.5 Å². The first-order chi connectivity index (χ1) is 70.1. The fourth-order valence-electron chi connectivity index (χ4n) is 47.1. The number of aliphatic carboxylic acids is 1. The van der Waals surface area contributed by atoms with Gasteiger partial charge in [-0.2, -0.15) is 0 Å². The van der Waals surface area contributed by atoms with Crippen molar-refractivity contribution in [3.8, 4) is 0 Å². The van der Waals surface area contributed by atoms with Crippen LogP contribution in [0, 0.1) is 318 Å². The summed E-state index contributed by atoms with van der Waals surface area (Å²) in [5, 5.41) is 19.0. The summed E-state index contributed by atoms with van der Waals surface area (Å²) in [5.74, 6) is 36.8. The molecule has 824 valence electrons. The van der Waals surface area contributed by atoms with Crippen LogP contribution in [0.15, 0.2) is 0 Å². The van der Waals surface area contributed by atoms with Crippen LogP contribution >= 0.6 is 0 Å². The molecule has 32 aliphatic carbocycles. The van der Waals surface area contributed by atoms with E-state index in [0.29, 0.717) is 144 Å². The highest BCUT2D eigenvalue weighted by Crippen LogP contribution is 2.73. The van der Waals surface area contributed by atoms with E-state index in [4.69, 9.17) is 38.3 Å². The average molecular weight is 2040 g/mol. The van der Waals surface area contributed by atoms with Crippen molar-refractivity contribution < 1.29 is 81.7 Å². The van der Waals surface area contributed by atoms with Gasteiger partial charge >= 0.3 is 47.8 Å². The lowest BCUT2D eigenvalue weighted by molar-refractivity contribution is -0.215. The first kappa shape index (κ1) is 107. The van der Waals surface area contributed by atoms with Crippen molar-refractivity contribution in [3.63, 3.8) is 0 Å². The number of fused-ring (bicyclic) bond motifs is 33. The van der Waals surface area contributed by atoms with E-state index in [-0.39, 0.29) is 88.8 Å². The Labute approximate surface area is 886 Å². The van der Waals surface area contributed by atoms with Crippen molar-refractivity contribution in [2.45, 2.75) is 411 Å². The normalized spacial score (nSPS) is 53.9. The third kappa shape index (κ3) is 18.6. The molecule has 0 aromatic rings. The molecule has 2 N–H and O–H groups in total. The third-order valence-electron chi connectivity index (χ3n) is 55.3. The Morgan fingerprint density at radius 3 is 0.912 bits per heavy atom. The maximum atomic E-state index is 13.2. The predicted molar refractivity (Wildman–Crippen MR) is 567 cm³/mol. The number of carbonyl (C=O) groups excluding carboxylic acids is 7. The number of rotatable bonds is 13. The van der Waals surface area contributed by atoms with Gasteiger partial charge in [0, 0.05) is 24.9 Å². The van der Waals surface area contributed by atoms with Gasteiger partial charge in [0.05, 0.1) is 74.3 Å². The van der Waals surface area contributed by atoms with Gasteiger partial charge in [0.25, 0.3) is 0 Å². The number of methoxy groups -OCH3 is 3. The highest BCUT2D eigenvalue weighted by atomic mass is 16.6. The Balaban J connectivity index is 0.0000000957. The molecule has 17 nitrogen and oxygen atoms in total. The summed E-state index contributed by atoms with van der Waals surface area (Å²) in [6, 6.07) is 0. The third-order valence-corrected chi connectivity index (χ3v) is 55.3. The second-order valence-electron chi connectivity index (χ2n) is 60.7. The van der Waals surface area contributed by atoms with Gasteiger partial charge < -0.3 is 43.4 Å².